The highest BCUT2D eigenvalue weighted by atomic mass is 16.5. The van der Waals surface area contributed by atoms with Gasteiger partial charge in [0.15, 0.2) is 0 Å². The maximum Gasteiger partial charge on any atom is 0.308 e. The number of rotatable bonds is 9. The Kier molecular flexibility index (Phi) is 9.09. The van der Waals surface area contributed by atoms with Gasteiger partial charge in [0.2, 0.25) is 11.8 Å². The lowest BCUT2D eigenvalue weighted by Gasteiger charge is -2.34. The molecule has 1 saturated heterocycles. The number of carbonyl (C=O) groups is 4. The molecule has 9 nitrogen and oxygen atoms in total. The average molecular weight is 459 g/mol. The first kappa shape index (κ1) is 24.5. The van der Waals surface area contributed by atoms with Gasteiger partial charge in [-0.2, -0.15) is 0 Å². The molecule has 3 N–H and O–H groups in total. The summed E-state index contributed by atoms with van der Waals surface area (Å²) in [5.74, 6) is -1.27. The van der Waals surface area contributed by atoms with Gasteiger partial charge in [-0.05, 0) is 37.5 Å². The molecule has 2 aliphatic rings. The van der Waals surface area contributed by atoms with Crippen LogP contribution in [0.4, 0.5) is 5.69 Å². The molecule has 0 bridgehead atoms. The lowest BCUT2D eigenvalue weighted by atomic mass is 9.95. The number of nitrogens with zero attached hydrogens (tertiary/aromatic N) is 1. The van der Waals surface area contributed by atoms with Crippen molar-refractivity contribution >= 4 is 29.4 Å². The Labute approximate surface area is 194 Å². The zero-order valence-corrected chi connectivity index (χ0v) is 19.2. The first-order chi connectivity index (χ1) is 16.0. The SMILES string of the molecule is CCCOC(=O)CC1C(=O)NCCN1C(=O)CNc1cccc(C(=O)NC2CCCCC2)c1. The number of nitrogens with one attached hydrogen (secondary N) is 3. The van der Waals surface area contributed by atoms with Gasteiger partial charge in [-0.15, -0.1) is 0 Å². The van der Waals surface area contributed by atoms with Gasteiger partial charge < -0.3 is 25.6 Å². The third-order valence-corrected chi connectivity index (χ3v) is 5.99. The summed E-state index contributed by atoms with van der Waals surface area (Å²) in [5.41, 5.74) is 1.17. The first-order valence-corrected chi connectivity index (χ1v) is 11.9. The van der Waals surface area contributed by atoms with Gasteiger partial charge in [-0.25, -0.2) is 0 Å². The van der Waals surface area contributed by atoms with Crippen molar-refractivity contribution in [1.82, 2.24) is 15.5 Å². The molecule has 2 fully saturated rings. The predicted octanol–water partition coefficient (Wildman–Crippen LogP) is 1.83. The van der Waals surface area contributed by atoms with Gasteiger partial charge in [-0.3, -0.25) is 19.2 Å². The minimum atomic E-state index is -0.884. The first-order valence-electron chi connectivity index (χ1n) is 11.9. The normalized spacial score (nSPS) is 18.9. The van der Waals surface area contributed by atoms with Crippen LogP contribution in [0.15, 0.2) is 24.3 Å². The smallest absolute Gasteiger partial charge is 0.308 e. The second-order valence-corrected chi connectivity index (χ2v) is 8.56. The standard InChI is InChI=1S/C24H34N4O5/c1-2-13-33-22(30)15-20-24(32)25-11-12-28(20)21(29)16-26-19-10-6-7-17(14-19)23(31)27-18-8-4-3-5-9-18/h6-7,10,14,18,20,26H,2-5,8-9,11-13,15-16H2,1H3,(H,25,32)(H,27,31). The van der Waals surface area contributed by atoms with Crippen LogP contribution in [0.5, 0.6) is 0 Å². The van der Waals surface area contributed by atoms with E-state index in [1.54, 1.807) is 24.3 Å². The number of carbonyl (C=O) groups excluding carboxylic acids is 4. The number of amides is 3. The van der Waals surface area contributed by atoms with E-state index in [0.29, 0.717) is 30.8 Å². The van der Waals surface area contributed by atoms with Gasteiger partial charge in [0.25, 0.3) is 5.91 Å². The van der Waals surface area contributed by atoms with E-state index < -0.39 is 12.0 Å². The Morgan fingerprint density at radius 3 is 2.73 bits per heavy atom. The van der Waals surface area contributed by atoms with E-state index in [1.165, 1.54) is 11.3 Å². The van der Waals surface area contributed by atoms with Crippen molar-refractivity contribution in [2.45, 2.75) is 64.0 Å². The molecule has 1 aromatic carbocycles. The monoisotopic (exact) mass is 458 g/mol. The van der Waals surface area contributed by atoms with Crippen molar-refractivity contribution in [2.75, 3.05) is 31.6 Å². The molecule has 9 heteroatoms. The third kappa shape index (κ3) is 7.20. The van der Waals surface area contributed by atoms with Gasteiger partial charge in [-0.1, -0.05) is 32.3 Å². The maximum absolute atomic E-state index is 12.9. The second kappa shape index (κ2) is 12.2. The average Bonchev–Trinajstić information content (AvgIpc) is 2.83. The van der Waals surface area contributed by atoms with Gasteiger partial charge in [0.1, 0.15) is 6.04 Å². The molecule has 1 saturated carbocycles. The predicted molar refractivity (Wildman–Crippen MR) is 124 cm³/mol. The minimum absolute atomic E-state index is 0.0541. The fraction of sp³-hybridized carbons (Fsp3) is 0.583. The van der Waals surface area contributed by atoms with Gasteiger partial charge >= 0.3 is 5.97 Å². The van der Waals surface area contributed by atoms with E-state index in [1.807, 2.05) is 6.92 Å². The van der Waals surface area contributed by atoms with Crippen LogP contribution < -0.4 is 16.0 Å². The van der Waals surface area contributed by atoms with Crippen molar-refractivity contribution in [3.05, 3.63) is 29.8 Å². The van der Waals surface area contributed by atoms with E-state index >= 15 is 0 Å². The summed E-state index contributed by atoms with van der Waals surface area (Å²) in [6, 6.07) is 6.35. The Morgan fingerprint density at radius 2 is 1.97 bits per heavy atom. The van der Waals surface area contributed by atoms with E-state index in [4.69, 9.17) is 4.74 Å². The number of ether oxygens (including phenoxy) is 1. The van der Waals surface area contributed by atoms with E-state index in [-0.39, 0.29) is 43.3 Å². The summed E-state index contributed by atoms with van der Waals surface area (Å²) >= 11 is 0. The molecule has 1 aliphatic heterocycles. The molecule has 1 aromatic rings. The number of hydrogen-bond donors (Lipinski definition) is 3. The third-order valence-electron chi connectivity index (χ3n) is 5.99. The van der Waals surface area contributed by atoms with Crippen LogP contribution in [0.3, 0.4) is 0 Å². The van der Waals surface area contributed by atoms with Crippen LogP contribution in [0.2, 0.25) is 0 Å². The highest BCUT2D eigenvalue weighted by Crippen LogP contribution is 2.19. The van der Waals surface area contributed by atoms with Crippen LogP contribution in [0.25, 0.3) is 0 Å². The molecule has 0 aromatic heterocycles. The zero-order chi connectivity index (χ0) is 23.6. The molecular weight excluding hydrogens is 424 g/mol. The number of benzene rings is 1. The Bertz CT molecular complexity index is 853. The quantitative estimate of drug-likeness (QED) is 0.486. The zero-order valence-electron chi connectivity index (χ0n) is 19.2. The molecule has 0 radical (unpaired) electrons. The van der Waals surface area contributed by atoms with Crippen LogP contribution in [-0.2, 0) is 19.1 Å². The summed E-state index contributed by atoms with van der Waals surface area (Å²) in [6.07, 6.45) is 6.03. The molecule has 0 spiro atoms. The minimum Gasteiger partial charge on any atom is -0.466 e. The van der Waals surface area contributed by atoms with Crippen molar-refractivity contribution in [3.8, 4) is 0 Å². The highest BCUT2D eigenvalue weighted by Gasteiger charge is 2.35. The van der Waals surface area contributed by atoms with Crippen molar-refractivity contribution in [2.24, 2.45) is 0 Å². The molecule has 1 atom stereocenters. The molecule has 1 heterocycles. The number of piperazine rings is 1. The topological polar surface area (TPSA) is 117 Å². The Balaban J connectivity index is 1.56. The van der Waals surface area contributed by atoms with Crippen molar-refractivity contribution < 1.29 is 23.9 Å². The summed E-state index contributed by atoms with van der Waals surface area (Å²) in [6.45, 7) is 2.77. The largest absolute Gasteiger partial charge is 0.466 e. The number of esters is 1. The number of anilines is 1. The van der Waals surface area contributed by atoms with E-state index in [2.05, 4.69) is 16.0 Å². The second-order valence-electron chi connectivity index (χ2n) is 8.56. The molecule has 3 amide bonds. The summed E-state index contributed by atoms with van der Waals surface area (Å²) in [5, 5.41) is 8.84. The fourth-order valence-corrected chi connectivity index (χ4v) is 4.21. The van der Waals surface area contributed by atoms with Crippen molar-refractivity contribution in [3.63, 3.8) is 0 Å². The Morgan fingerprint density at radius 1 is 1.18 bits per heavy atom. The van der Waals surface area contributed by atoms with E-state index in [0.717, 1.165) is 25.7 Å². The molecule has 33 heavy (non-hydrogen) atoms. The molecule has 1 unspecified atom stereocenters. The van der Waals surface area contributed by atoms with Gasteiger partial charge in [0, 0.05) is 30.4 Å². The maximum atomic E-state index is 12.9. The molecule has 1 aliphatic carbocycles. The molecular formula is C24H34N4O5. The van der Waals surface area contributed by atoms with Crippen molar-refractivity contribution in [1.29, 1.82) is 0 Å². The molecule has 3 rings (SSSR count). The van der Waals surface area contributed by atoms with Crippen LogP contribution in [0.1, 0.15) is 62.2 Å². The lowest BCUT2D eigenvalue weighted by molar-refractivity contribution is -0.151. The molecule has 180 valence electrons. The van der Waals surface area contributed by atoms with E-state index in [9.17, 15) is 19.2 Å². The number of hydrogen-bond acceptors (Lipinski definition) is 6. The van der Waals surface area contributed by atoms with Crippen LogP contribution in [-0.4, -0.2) is 66.9 Å². The summed E-state index contributed by atoms with van der Waals surface area (Å²) < 4.78 is 5.08. The van der Waals surface area contributed by atoms with Crippen LogP contribution >= 0.6 is 0 Å². The summed E-state index contributed by atoms with van der Waals surface area (Å²) in [7, 11) is 0. The Hall–Kier alpha value is -3.10. The summed E-state index contributed by atoms with van der Waals surface area (Å²) in [4.78, 5) is 51.2. The highest BCUT2D eigenvalue weighted by molar-refractivity contribution is 5.96. The van der Waals surface area contributed by atoms with Crippen LogP contribution in [0, 0.1) is 0 Å². The van der Waals surface area contributed by atoms with Gasteiger partial charge in [0.05, 0.1) is 19.6 Å². The lowest BCUT2D eigenvalue weighted by Crippen LogP contribution is -2.58. The fourth-order valence-electron chi connectivity index (χ4n) is 4.21.